The van der Waals surface area contributed by atoms with Crippen molar-refractivity contribution < 1.29 is 0 Å². The van der Waals surface area contributed by atoms with Gasteiger partial charge in [-0.2, -0.15) is 5.10 Å². The van der Waals surface area contributed by atoms with Crippen molar-refractivity contribution in [2.45, 2.75) is 33.9 Å². The van der Waals surface area contributed by atoms with Gasteiger partial charge in [0.1, 0.15) is 0 Å². The van der Waals surface area contributed by atoms with E-state index in [0.29, 0.717) is 6.54 Å². The van der Waals surface area contributed by atoms with Gasteiger partial charge < -0.3 is 10.6 Å². The molecule has 23 heavy (non-hydrogen) atoms. The van der Waals surface area contributed by atoms with Gasteiger partial charge in [0.25, 0.3) is 0 Å². The van der Waals surface area contributed by atoms with E-state index >= 15 is 0 Å². The van der Waals surface area contributed by atoms with E-state index < -0.39 is 0 Å². The van der Waals surface area contributed by atoms with Crippen molar-refractivity contribution in [3.05, 3.63) is 51.3 Å². The quantitative estimate of drug-likeness (QED) is 0.621. The lowest BCUT2D eigenvalue weighted by atomic mass is 10.2. The van der Waals surface area contributed by atoms with E-state index in [2.05, 4.69) is 62.6 Å². The average molecular weight is 378 g/mol. The largest absolute Gasteiger partial charge is 0.357 e. The third-order valence-corrected chi connectivity index (χ3v) is 4.24. The first-order valence-corrected chi connectivity index (χ1v) is 8.56. The predicted molar refractivity (Wildman–Crippen MR) is 98.5 cm³/mol. The zero-order chi connectivity index (χ0) is 16.8. The van der Waals surface area contributed by atoms with Gasteiger partial charge in [0.05, 0.1) is 12.2 Å². The van der Waals surface area contributed by atoms with E-state index in [1.165, 1.54) is 16.8 Å². The van der Waals surface area contributed by atoms with Crippen LogP contribution in [0.1, 0.15) is 29.4 Å². The smallest absolute Gasteiger partial charge is 0.191 e. The molecule has 1 aromatic heterocycles. The standard InChI is InChI=1S/C17H24BrN5/c1-5-19-17(20-10-14-7-6-8-15(18)9-14)21-11-16-12(2)22-23(4)13(16)3/h6-9H,5,10-11H2,1-4H3,(H2,19,20,21). The summed E-state index contributed by atoms with van der Waals surface area (Å²) in [6.07, 6.45) is 0. The van der Waals surface area contributed by atoms with Crippen molar-refractivity contribution in [1.82, 2.24) is 20.4 Å². The summed E-state index contributed by atoms with van der Waals surface area (Å²) in [6, 6.07) is 8.21. The fraction of sp³-hybridized carbons (Fsp3) is 0.412. The first-order chi connectivity index (χ1) is 11.0. The topological polar surface area (TPSA) is 54.2 Å². The van der Waals surface area contributed by atoms with Crippen LogP contribution in [-0.4, -0.2) is 22.3 Å². The highest BCUT2D eigenvalue weighted by molar-refractivity contribution is 9.10. The number of hydrogen-bond donors (Lipinski definition) is 2. The number of guanidine groups is 1. The second-order valence-electron chi connectivity index (χ2n) is 5.45. The van der Waals surface area contributed by atoms with Crippen molar-refractivity contribution in [2.24, 2.45) is 12.0 Å². The summed E-state index contributed by atoms with van der Waals surface area (Å²) in [4.78, 5) is 4.65. The highest BCUT2D eigenvalue weighted by Crippen LogP contribution is 2.13. The molecule has 0 spiro atoms. The lowest BCUT2D eigenvalue weighted by Gasteiger charge is -2.12. The van der Waals surface area contributed by atoms with Gasteiger partial charge >= 0.3 is 0 Å². The molecule has 0 aliphatic heterocycles. The van der Waals surface area contributed by atoms with Gasteiger partial charge in [-0.05, 0) is 38.5 Å². The number of benzene rings is 1. The van der Waals surface area contributed by atoms with E-state index in [4.69, 9.17) is 0 Å². The number of aryl methyl sites for hydroxylation is 2. The van der Waals surface area contributed by atoms with Gasteiger partial charge in [-0.15, -0.1) is 0 Å². The predicted octanol–water partition coefficient (Wildman–Crippen LogP) is 3.05. The van der Waals surface area contributed by atoms with Crippen molar-refractivity contribution in [3.8, 4) is 0 Å². The molecular weight excluding hydrogens is 354 g/mol. The summed E-state index contributed by atoms with van der Waals surface area (Å²) in [5.74, 6) is 0.815. The fourth-order valence-corrected chi connectivity index (χ4v) is 2.84. The lowest BCUT2D eigenvalue weighted by Crippen LogP contribution is -2.37. The lowest BCUT2D eigenvalue weighted by molar-refractivity contribution is 0.728. The van der Waals surface area contributed by atoms with Crippen molar-refractivity contribution in [3.63, 3.8) is 0 Å². The van der Waals surface area contributed by atoms with Crippen LogP contribution in [-0.2, 0) is 20.1 Å². The minimum absolute atomic E-state index is 0.639. The summed E-state index contributed by atoms with van der Waals surface area (Å²) >= 11 is 3.49. The summed E-state index contributed by atoms with van der Waals surface area (Å²) < 4.78 is 2.99. The Labute approximate surface area is 146 Å². The number of aliphatic imine (C=N–C) groups is 1. The second-order valence-corrected chi connectivity index (χ2v) is 6.37. The molecular formula is C17H24BrN5. The Kier molecular flexibility index (Phi) is 6.21. The normalized spacial score (nSPS) is 11.6. The monoisotopic (exact) mass is 377 g/mol. The third-order valence-electron chi connectivity index (χ3n) is 3.74. The minimum atomic E-state index is 0.639. The van der Waals surface area contributed by atoms with E-state index in [-0.39, 0.29) is 0 Å². The van der Waals surface area contributed by atoms with Gasteiger partial charge in [0.15, 0.2) is 5.96 Å². The van der Waals surface area contributed by atoms with Crippen molar-refractivity contribution in [2.75, 3.05) is 6.54 Å². The van der Waals surface area contributed by atoms with E-state index in [0.717, 1.165) is 29.2 Å². The van der Waals surface area contributed by atoms with Crippen LogP contribution in [0.4, 0.5) is 0 Å². The van der Waals surface area contributed by atoms with Crippen LogP contribution >= 0.6 is 15.9 Å². The molecule has 0 fully saturated rings. The van der Waals surface area contributed by atoms with Gasteiger partial charge in [-0.1, -0.05) is 28.1 Å². The SMILES string of the molecule is CCNC(=NCc1cccc(Br)c1)NCc1c(C)nn(C)c1C. The first-order valence-electron chi connectivity index (χ1n) is 7.77. The molecule has 1 aromatic carbocycles. The fourth-order valence-electron chi connectivity index (χ4n) is 2.39. The maximum atomic E-state index is 4.65. The number of nitrogens with zero attached hydrogens (tertiary/aromatic N) is 3. The van der Waals surface area contributed by atoms with Crippen LogP contribution in [0.15, 0.2) is 33.7 Å². The zero-order valence-corrected chi connectivity index (χ0v) is 15.7. The van der Waals surface area contributed by atoms with Crippen molar-refractivity contribution >= 4 is 21.9 Å². The zero-order valence-electron chi connectivity index (χ0n) is 14.2. The summed E-state index contributed by atoms with van der Waals surface area (Å²) in [6.45, 7) is 8.37. The summed E-state index contributed by atoms with van der Waals surface area (Å²) in [5, 5.41) is 11.1. The molecule has 2 N–H and O–H groups in total. The molecule has 6 heteroatoms. The van der Waals surface area contributed by atoms with Crippen LogP contribution in [0, 0.1) is 13.8 Å². The van der Waals surface area contributed by atoms with Crippen LogP contribution in [0.25, 0.3) is 0 Å². The van der Waals surface area contributed by atoms with E-state index in [9.17, 15) is 0 Å². The Balaban J connectivity index is 2.04. The highest BCUT2D eigenvalue weighted by atomic mass is 79.9. The van der Waals surface area contributed by atoms with E-state index in [1.54, 1.807) is 0 Å². The molecule has 0 unspecified atom stereocenters. The molecule has 2 rings (SSSR count). The molecule has 1 heterocycles. The van der Waals surface area contributed by atoms with Gasteiger partial charge in [0.2, 0.25) is 0 Å². The molecule has 0 aliphatic carbocycles. The second kappa shape index (κ2) is 8.15. The maximum absolute atomic E-state index is 4.65. The highest BCUT2D eigenvalue weighted by Gasteiger charge is 2.09. The van der Waals surface area contributed by atoms with Crippen LogP contribution in [0.5, 0.6) is 0 Å². The molecule has 0 aliphatic rings. The van der Waals surface area contributed by atoms with Crippen molar-refractivity contribution in [1.29, 1.82) is 0 Å². The summed E-state index contributed by atoms with van der Waals surface area (Å²) in [5.41, 5.74) is 4.63. The average Bonchev–Trinajstić information content (AvgIpc) is 2.75. The van der Waals surface area contributed by atoms with Crippen LogP contribution < -0.4 is 10.6 Å². The molecule has 2 aromatic rings. The van der Waals surface area contributed by atoms with Gasteiger partial charge in [0, 0.05) is 35.9 Å². The molecule has 0 atom stereocenters. The minimum Gasteiger partial charge on any atom is -0.357 e. The number of aromatic nitrogens is 2. The van der Waals surface area contributed by atoms with Crippen LogP contribution in [0.2, 0.25) is 0 Å². The third kappa shape index (κ3) is 4.82. The Hall–Kier alpha value is -1.82. The van der Waals surface area contributed by atoms with Crippen LogP contribution in [0.3, 0.4) is 0 Å². The first kappa shape index (κ1) is 17.5. The number of rotatable bonds is 5. The number of hydrogen-bond acceptors (Lipinski definition) is 2. The Morgan fingerprint density at radius 1 is 1.30 bits per heavy atom. The molecule has 0 saturated heterocycles. The molecule has 0 radical (unpaired) electrons. The Morgan fingerprint density at radius 3 is 2.70 bits per heavy atom. The number of halogens is 1. The molecule has 0 saturated carbocycles. The van der Waals surface area contributed by atoms with Gasteiger partial charge in [-0.25, -0.2) is 4.99 Å². The molecule has 0 amide bonds. The molecule has 5 nitrogen and oxygen atoms in total. The maximum Gasteiger partial charge on any atom is 0.191 e. The number of nitrogens with one attached hydrogen (secondary N) is 2. The molecule has 124 valence electrons. The van der Waals surface area contributed by atoms with E-state index in [1.807, 2.05) is 30.8 Å². The van der Waals surface area contributed by atoms with Gasteiger partial charge in [-0.3, -0.25) is 4.68 Å². The Bertz CT molecular complexity index is 690. The summed E-state index contributed by atoms with van der Waals surface area (Å²) in [7, 11) is 1.97. The molecule has 0 bridgehead atoms. The Morgan fingerprint density at radius 2 is 2.09 bits per heavy atom.